The van der Waals surface area contributed by atoms with Gasteiger partial charge in [-0.05, 0) is 40.2 Å². The average Bonchev–Trinajstić information content (AvgIpc) is 2.41. The molecule has 0 atom stereocenters. The minimum absolute atomic E-state index is 0.0771. The van der Waals surface area contributed by atoms with Crippen LogP contribution in [0.1, 0.15) is 0 Å². The summed E-state index contributed by atoms with van der Waals surface area (Å²) in [5.41, 5.74) is 0.369. The van der Waals surface area contributed by atoms with Crippen molar-refractivity contribution in [1.29, 1.82) is 0 Å². The highest BCUT2D eigenvalue weighted by molar-refractivity contribution is 9.10. The third kappa shape index (κ3) is 3.05. The van der Waals surface area contributed by atoms with Gasteiger partial charge in [-0.15, -0.1) is 0 Å². The van der Waals surface area contributed by atoms with Gasteiger partial charge in [0.1, 0.15) is 15.2 Å². The molecule has 0 saturated carbocycles. The van der Waals surface area contributed by atoms with Crippen LogP contribution in [-0.4, -0.2) is 20.5 Å². The molecule has 0 fully saturated rings. The molecule has 0 spiro atoms. The highest BCUT2D eigenvalue weighted by atomic mass is 79.9. The number of sulfonamides is 1. The SMILES string of the molecule is COc1ccccc1S(=O)(=O)Nc1cccnc1Br. The van der Waals surface area contributed by atoms with E-state index in [1.165, 1.54) is 13.2 Å². The third-order valence-electron chi connectivity index (χ3n) is 2.36. The van der Waals surface area contributed by atoms with Crippen molar-refractivity contribution in [3.05, 3.63) is 47.2 Å². The van der Waals surface area contributed by atoms with Crippen LogP contribution in [0.25, 0.3) is 0 Å². The van der Waals surface area contributed by atoms with Crippen molar-refractivity contribution in [1.82, 2.24) is 4.98 Å². The van der Waals surface area contributed by atoms with Gasteiger partial charge in [0, 0.05) is 6.20 Å². The summed E-state index contributed by atoms with van der Waals surface area (Å²) in [6.07, 6.45) is 1.56. The number of hydrogen-bond donors (Lipinski definition) is 1. The maximum Gasteiger partial charge on any atom is 0.265 e. The number of para-hydroxylation sites is 1. The zero-order valence-electron chi connectivity index (χ0n) is 10.00. The Balaban J connectivity index is 2.41. The number of nitrogens with zero attached hydrogens (tertiary/aromatic N) is 1. The van der Waals surface area contributed by atoms with Crippen molar-refractivity contribution < 1.29 is 13.2 Å². The number of benzene rings is 1. The summed E-state index contributed by atoms with van der Waals surface area (Å²) in [6.45, 7) is 0. The van der Waals surface area contributed by atoms with Gasteiger partial charge >= 0.3 is 0 Å². The van der Waals surface area contributed by atoms with Gasteiger partial charge in [0.2, 0.25) is 0 Å². The lowest BCUT2D eigenvalue weighted by molar-refractivity contribution is 0.403. The molecule has 5 nitrogen and oxygen atoms in total. The topological polar surface area (TPSA) is 68.3 Å². The Labute approximate surface area is 119 Å². The Morgan fingerprint density at radius 1 is 1.21 bits per heavy atom. The first-order valence-electron chi connectivity index (χ1n) is 5.31. The zero-order chi connectivity index (χ0) is 13.9. The van der Waals surface area contributed by atoms with Crippen LogP contribution in [0.3, 0.4) is 0 Å². The smallest absolute Gasteiger partial charge is 0.265 e. The minimum atomic E-state index is -3.72. The Bertz CT molecular complexity index is 689. The Kier molecular flexibility index (Phi) is 4.06. The van der Waals surface area contributed by atoms with Crippen molar-refractivity contribution in [3.63, 3.8) is 0 Å². The molecular weight excluding hydrogens is 332 g/mol. The van der Waals surface area contributed by atoms with E-state index in [1.54, 1.807) is 36.5 Å². The van der Waals surface area contributed by atoms with E-state index in [-0.39, 0.29) is 10.6 Å². The second-order valence-electron chi connectivity index (χ2n) is 3.60. The number of aromatic nitrogens is 1. The summed E-state index contributed by atoms with van der Waals surface area (Å²) in [5.74, 6) is 0.287. The van der Waals surface area contributed by atoms with Gasteiger partial charge in [-0.3, -0.25) is 4.72 Å². The molecule has 1 aromatic heterocycles. The first-order valence-corrected chi connectivity index (χ1v) is 7.58. The summed E-state index contributed by atoms with van der Waals surface area (Å²) >= 11 is 3.19. The van der Waals surface area contributed by atoms with Gasteiger partial charge < -0.3 is 4.74 Å². The maximum absolute atomic E-state index is 12.3. The van der Waals surface area contributed by atoms with E-state index in [0.717, 1.165) is 0 Å². The number of hydrogen-bond acceptors (Lipinski definition) is 4. The maximum atomic E-state index is 12.3. The van der Waals surface area contributed by atoms with Crippen LogP contribution in [0.15, 0.2) is 52.1 Å². The number of anilines is 1. The quantitative estimate of drug-likeness (QED) is 0.867. The predicted molar refractivity (Wildman–Crippen MR) is 75.7 cm³/mol. The number of methoxy groups -OCH3 is 1. The van der Waals surface area contributed by atoms with Crippen molar-refractivity contribution in [3.8, 4) is 5.75 Å². The first-order chi connectivity index (χ1) is 9.04. The Hall–Kier alpha value is -1.60. The molecule has 0 radical (unpaired) electrons. The summed E-state index contributed by atoms with van der Waals surface area (Å²) in [6, 6.07) is 9.67. The molecule has 0 amide bonds. The van der Waals surface area contributed by atoms with Crippen LogP contribution in [-0.2, 0) is 10.0 Å². The van der Waals surface area contributed by atoms with Crippen LogP contribution in [0.5, 0.6) is 5.75 Å². The average molecular weight is 343 g/mol. The van der Waals surface area contributed by atoms with Gasteiger partial charge in [-0.2, -0.15) is 0 Å². The van der Waals surface area contributed by atoms with Gasteiger partial charge in [0.05, 0.1) is 12.8 Å². The van der Waals surface area contributed by atoms with Crippen molar-refractivity contribution in [2.75, 3.05) is 11.8 Å². The zero-order valence-corrected chi connectivity index (χ0v) is 12.4. The lowest BCUT2D eigenvalue weighted by atomic mass is 10.3. The molecule has 19 heavy (non-hydrogen) atoms. The summed E-state index contributed by atoms with van der Waals surface area (Å²) in [4.78, 5) is 4.04. The van der Waals surface area contributed by atoms with E-state index in [0.29, 0.717) is 10.3 Å². The van der Waals surface area contributed by atoms with Gasteiger partial charge in [0.25, 0.3) is 10.0 Å². The molecule has 2 rings (SSSR count). The lowest BCUT2D eigenvalue weighted by Crippen LogP contribution is -2.14. The van der Waals surface area contributed by atoms with Crippen LogP contribution in [0, 0.1) is 0 Å². The highest BCUT2D eigenvalue weighted by Gasteiger charge is 2.20. The molecule has 7 heteroatoms. The third-order valence-corrected chi connectivity index (χ3v) is 4.40. The fourth-order valence-corrected chi connectivity index (χ4v) is 3.22. The molecule has 1 N–H and O–H groups in total. The summed E-state index contributed by atoms with van der Waals surface area (Å²) < 4.78 is 32.5. The molecule has 0 aliphatic heterocycles. The highest BCUT2D eigenvalue weighted by Crippen LogP contribution is 2.27. The van der Waals surface area contributed by atoms with Crippen LogP contribution in [0.2, 0.25) is 0 Å². The fraction of sp³-hybridized carbons (Fsp3) is 0.0833. The fourth-order valence-electron chi connectivity index (χ4n) is 1.50. The number of pyridine rings is 1. The molecule has 0 aliphatic rings. The number of rotatable bonds is 4. The molecular formula is C12H11BrN2O3S. The van der Waals surface area contributed by atoms with E-state index in [2.05, 4.69) is 25.6 Å². The van der Waals surface area contributed by atoms with E-state index in [9.17, 15) is 8.42 Å². The normalized spacial score (nSPS) is 11.1. The standard InChI is InChI=1S/C12H11BrN2O3S/c1-18-10-6-2-3-7-11(10)19(16,17)15-9-5-4-8-14-12(9)13/h2-8,15H,1H3. The molecule has 1 heterocycles. The Morgan fingerprint density at radius 3 is 2.63 bits per heavy atom. The number of ether oxygens (including phenoxy) is 1. The molecule has 1 aromatic carbocycles. The Morgan fingerprint density at radius 2 is 1.95 bits per heavy atom. The summed E-state index contributed by atoms with van der Waals surface area (Å²) in [5, 5.41) is 0. The van der Waals surface area contributed by atoms with Crippen LogP contribution < -0.4 is 9.46 Å². The first kappa shape index (κ1) is 13.8. The number of nitrogens with one attached hydrogen (secondary N) is 1. The van der Waals surface area contributed by atoms with Gasteiger partial charge in [-0.1, -0.05) is 12.1 Å². The second-order valence-corrected chi connectivity index (χ2v) is 6.00. The van der Waals surface area contributed by atoms with Crippen molar-refractivity contribution in [2.24, 2.45) is 0 Å². The largest absolute Gasteiger partial charge is 0.495 e. The predicted octanol–water partition coefficient (Wildman–Crippen LogP) is 2.65. The van der Waals surface area contributed by atoms with Crippen LogP contribution in [0.4, 0.5) is 5.69 Å². The second kappa shape index (κ2) is 5.58. The molecule has 100 valence electrons. The molecule has 0 saturated heterocycles. The minimum Gasteiger partial charge on any atom is -0.495 e. The summed E-state index contributed by atoms with van der Waals surface area (Å²) in [7, 11) is -2.30. The van der Waals surface area contributed by atoms with E-state index in [4.69, 9.17) is 4.74 Å². The van der Waals surface area contributed by atoms with Gasteiger partial charge in [-0.25, -0.2) is 13.4 Å². The van der Waals surface area contributed by atoms with Crippen molar-refractivity contribution >= 4 is 31.6 Å². The van der Waals surface area contributed by atoms with Crippen molar-refractivity contribution in [2.45, 2.75) is 4.90 Å². The molecule has 0 aliphatic carbocycles. The van der Waals surface area contributed by atoms with E-state index in [1.807, 2.05) is 0 Å². The van der Waals surface area contributed by atoms with E-state index >= 15 is 0 Å². The number of halogens is 1. The van der Waals surface area contributed by atoms with Crippen LogP contribution >= 0.6 is 15.9 Å². The molecule has 0 bridgehead atoms. The molecule has 2 aromatic rings. The lowest BCUT2D eigenvalue weighted by Gasteiger charge is -2.11. The van der Waals surface area contributed by atoms with Gasteiger partial charge in [0.15, 0.2) is 0 Å². The van der Waals surface area contributed by atoms with E-state index < -0.39 is 10.0 Å². The monoisotopic (exact) mass is 342 g/mol. The molecule has 0 unspecified atom stereocenters.